The van der Waals surface area contributed by atoms with E-state index in [1.54, 1.807) is 0 Å². The van der Waals surface area contributed by atoms with Crippen LogP contribution in [-0.4, -0.2) is 14.5 Å². The lowest BCUT2D eigenvalue weighted by Crippen LogP contribution is -2.00. The Morgan fingerprint density at radius 3 is 2.74 bits per heavy atom. The van der Waals surface area contributed by atoms with Crippen LogP contribution in [0.5, 0.6) is 5.88 Å². The van der Waals surface area contributed by atoms with Crippen molar-refractivity contribution in [3.63, 3.8) is 0 Å². The van der Waals surface area contributed by atoms with Gasteiger partial charge in [-0.3, -0.25) is 0 Å². The van der Waals surface area contributed by atoms with Crippen molar-refractivity contribution >= 4 is 16.7 Å². The Morgan fingerprint density at radius 1 is 1.16 bits per heavy atom. The number of ether oxygens (including phenoxy) is 1. The Bertz CT molecular complexity index is 703. The van der Waals surface area contributed by atoms with Crippen molar-refractivity contribution in [2.45, 2.75) is 6.61 Å². The number of hydrogen-bond donors (Lipinski definition) is 1. The number of aromatic nitrogens is 3. The topological polar surface area (TPSA) is 66.0 Å². The molecule has 19 heavy (non-hydrogen) atoms. The summed E-state index contributed by atoms with van der Waals surface area (Å²) in [6, 6.07) is 9.54. The van der Waals surface area contributed by atoms with Gasteiger partial charge in [0.15, 0.2) is 0 Å². The molecular formula is C14H14N4O. The number of rotatable bonds is 3. The largest absolute Gasteiger partial charge is 0.471 e. The fourth-order valence-corrected chi connectivity index (χ4v) is 1.96. The molecule has 0 atom stereocenters. The third-order valence-electron chi connectivity index (χ3n) is 2.98. The standard InChI is InChI=1S/C14H14N4O/c1-18-7-6-12-13(18)14(17-9-16-12)19-8-10-2-4-11(15)5-3-10/h2-7,9H,8,15H2,1H3. The molecule has 0 aliphatic rings. The first kappa shape index (κ1) is 11.5. The van der Waals surface area contributed by atoms with Gasteiger partial charge in [0.25, 0.3) is 0 Å². The molecule has 0 amide bonds. The van der Waals surface area contributed by atoms with Gasteiger partial charge in [0.1, 0.15) is 18.5 Å². The zero-order valence-corrected chi connectivity index (χ0v) is 10.6. The molecule has 2 heterocycles. The number of fused-ring (bicyclic) bond motifs is 1. The Labute approximate surface area is 110 Å². The van der Waals surface area contributed by atoms with Crippen molar-refractivity contribution < 1.29 is 4.74 Å². The van der Waals surface area contributed by atoms with Crippen LogP contribution >= 0.6 is 0 Å². The molecular weight excluding hydrogens is 240 g/mol. The van der Waals surface area contributed by atoms with E-state index in [0.717, 1.165) is 22.3 Å². The highest BCUT2D eigenvalue weighted by Gasteiger charge is 2.08. The molecule has 1 aromatic carbocycles. The fraction of sp³-hybridized carbons (Fsp3) is 0.143. The summed E-state index contributed by atoms with van der Waals surface area (Å²) in [5, 5.41) is 0. The predicted molar refractivity (Wildman–Crippen MR) is 73.7 cm³/mol. The molecule has 0 aliphatic heterocycles. The van der Waals surface area contributed by atoms with Crippen LogP contribution in [0.4, 0.5) is 5.69 Å². The lowest BCUT2D eigenvalue weighted by molar-refractivity contribution is 0.296. The van der Waals surface area contributed by atoms with Crippen molar-refractivity contribution in [3.05, 3.63) is 48.4 Å². The van der Waals surface area contributed by atoms with E-state index in [9.17, 15) is 0 Å². The molecule has 5 nitrogen and oxygen atoms in total. The van der Waals surface area contributed by atoms with E-state index in [0.29, 0.717) is 12.5 Å². The van der Waals surface area contributed by atoms with Crippen LogP contribution < -0.4 is 10.5 Å². The van der Waals surface area contributed by atoms with E-state index >= 15 is 0 Å². The number of nitrogens with zero attached hydrogens (tertiary/aromatic N) is 3. The van der Waals surface area contributed by atoms with Crippen LogP contribution in [0, 0.1) is 0 Å². The van der Waals surface area contributed by atoms with Gasteiger partial charge in [-0.2, -0.15) is 4.98 Å². The molecule has 3 aromatic rings. The molecule has 0 bridgehead atoms. The number of aryl methyl sites for hydroxylation is 1. The quantitative estimate of drug-likeness (QED) is 0.727. The maximum Gasteiger partial charge on any atom is 0.242 e. The Morgan fingerprint density at radius 2 is 1.95 bits per heavy atom. The zero-order valence-electron chi connectivity index (χ0n) is 10.6. The normalized spacial score (nSPS) is 10.8. The second-order valence-corrected chi connectivity index (χ2v) is 4.37. The van der Waals surface area contributed by atoms with Crippen molar-refractivity contribution in [2.24, 2.45) is 7.05 Å². The van der Waals surface area contributed by atoms with E-state index in [2.05, 4.69) is 9.97 Å². The fourth-order valence-electron chi connectivity index (χ4n) is 1.96. The SMILES string of the molecule is Cn1ccc2ncnc(OCc3ccc(N)cc3)c21. The first-order chi connectivity index (χ1) is 9.24. The van der Waals surface area contributed by atoms with E-state index in [4.69, 9.17) is 10.5 Å². The molecule has 0 spiro atoms. The van der Waals surface area contributed by atoms with Crippen LogP contribution in [0.3, 0.4) is 0 Å². The van der Waals surface area contributed by atoms with E-state index < -0.39 is 0 Å². The number of nitrogen functional groups attached to an aromatic ring is 1. The second-order valence-electron chi connectivity index (χ2n) is 4.37. The number of hydrogen-bond acceptors (Lipinski definition) is 4. The summed E-state index contributed by atoms with van der Waals surface area (Å²) in [5.41, 5.74) is 9.23. The molecule has 2 N–H and O–H groups in total. The highest BCUT2D eigenvalue weighted by Crippen LogP contribution is 2.22. The molecule has 0 saturated carbocycles. The summed E-state index contributed by atoms with van der Waals surface area (Å²) in [6.45, 7) is 0.456. The monoisotopic (exact) mass is 254 g/mol. The third kappa shape index (κ3) is 2.22. The third-order valence-corrected chi connectivity index (χ3v) is 2.98. The molecule has 5 heteroatoms. The van der Waals surface area contributed by atoms with Gasteiger partial charge in [0.2, 0.25) is 5.88 Å². The molecule has 0 unspecified atom stereocenters. The average Bonchev–Trinajstić information content (AvgIpc) is 2.81. The molecule has 3 rings (SSSR count). The van der Waals surface area contributed by atoms with Gasteiger partial charge in [-0.1, -0.05) is 12.1 Å². The molecule has 2 aromatic heterocycles. The van der Waals surface area contributed by atoms with Gasteiger partial charge in [0.05, 0.1) is 5.52 Å². The maximum absolute atomic E-state index is 5.77. The number of benzene rings is 1. The minimum Gasteiger partial charge on any atom is -0.471 e. The minimum absolute atomic E-state index is 0.456. The van der Waals surface area contributed by atoms with Crippen molar-refractivity contribution in [1.82, 2.24) is 14.5 Å². The lowest BCUT2D eigenvalue weighted by atomic mass is 10.2. The Balaban J connectivity index is 1.85. The van der Waals surface area contributed by atoms with Gasteiger partial charge in [-0.25, -0.2) is 4.98 Å². The molecule has 0 aliphatic carbocycles. The first-order valence-corrected chi connectivity index (χ1v) is 5.97. The average molecular weight is 254 g/mol. The van der Waals surface area contributed by atoms with Crippen LogP contribution in [0.15, 0.2) is 42.9 Å². The second kappa shape index (κ2) is 4.61. The molecule has 0 radical (unpaired) electrons. The molecule has 0 fully saturated rings. The minimum atomic E-state index is 0.456. The van der Waals surface area contributed by atoms with Gasteiger partial charge in [-0.15, -0.1) is 0 Å². The van der Waals surface area contributed by atoms with Gasteiger partial charge < -0.3 is 15.0 Å². The van der Waals surface area contributed by atoms with Crippen molar-refractivity contribution in [2.75, 3.05) is 5.73 Å². The Hall–Kier alpha value is -2.56. The summed E-state index contributed by atoms with van der Waals surface area (Å²) in [6.07, 6.45) is 3.45. The van der Waals surface area contributed by atoms with Gasteiger partial charge >= 0.3 is 0 Å². The van der Waals surface area contributed by atoms with Crippen LogP contribution in [0.2, 0.25) is 0 Å². The van der Waals surface area contributed by atoms with E-state index in [1.165, 1.54) is 6.33 Å². The number of nitrogens with two attached hydrogens (primary N) is 1. The maximum atomic E-state index is 5.77. The van der Waals surface area contributed by atoms with Gasteiger partial charge in [-0.05, 0) is 23.8 Å². The summed E-state index contributed by atoms with van der Waals surface area (Å²) in [5.74, 6) is 0.592. The van der Waals surface area contributed by atoms with E-state index in [-0.39, 0.29) is 0 Å². The van der Waals surface area contributed by atoms with Crippen molar-refractivity contribution in [3.8, 4) is 5.88 Å². The highest BCUT2D eigenvalue weighted by atomic mass is 16.5. The Kier molecular flexibility index (Phi) is 2.79. The highest BCUT2D eigenvalue weighted by molar-refractivity contribution is 5.80. The van der Waals surface area contributed by atoms with Crippen LogP contribution in [-0.2, 0) is 13.7 Å². The smallest absolute Gasteiger partial charge is 0.242 e. The first-order valence-electron chi connectivity index (χ1n) is 5.97. The lowest BCUT2D eigenvalue weighted by Gasteiger charge is -2.07. The molecule has 0 saturated heterocycles. The van der Waals surface area contributed by atoms with Crippen LogP contribution in [0.1, 0.15) is 5.56 Å². The van der Waals surface area contributed by atoms with Crippen LogP contribution in [0.25, 0.3) is 11.0 Å². The van der Waals surface area contributed by atoms with E-state index in [1.807, 2.05) is 48.1 Å². The predicted octanol–water partition coefficient (Wildman–Crippen LogP) is 2.13. The number of anilines is 1. The van der Waals surface area contributed by atoms with Gasteiger partial charge in [0, 0.05) is 18.9 Å². The summed E-state index contributed by atoms with van der Waals surface area (Å²) in [7, 11) is 1.95. The molecule has 96 valence electrons. The summed E-state index contributed by atoms with van der Waals surface area (Å²) >= 11 is 0. The summed E-state index contributed by atoms with van der Waals surface area (Å²) < 4.78 is 7.72. The van der Waals surface area contributed by atoms with Crippen molar-refractivity contribution in [1.29, 1.82) is 0 Å². The summed E-state index contributed by atoms with van der Waals surface area (Å²) in [4.78, 5) is 8.39. The zero-order chi connectivity index (χ0) is 13.2.